The van der Waals surface area contributed by atoms with Gasteiger partial charge < -0.3 is 15.4 Å². The Morgan fingerprint density at radius 1 is 1.38 bits per heavy atom. The SMILES string of the molecule is COc1ccc(C(=O)N2CCC[C@@H]2c2cc(N)nc(C)n2)cc1F. The molecular weight excluding hydrogens is 311 g/mol. The summed E-state index contributed by atoms with van der Waals surface area (Å²) in [5, 5.41) is 0. The van der Waals surface area contributed by atoms with E-state index in [1.54, 1.807) is 24.0 Å². The number of nitrogens with two attached hydrogens (primary N) is 1. The number of halogens is 1. The van der Waals surface area contributed by atoms with E-state index in [2.05, 4.69) is 9.97 Å². The van der Waals surface area contributed by atoms with Crippen molar-refractivity contribution >= 4 is 11.7 Å². The molecular formula is C17H19FN4O2. The van der Waals surface area contributed by atoms with Crippen LogP contribution >= 0.6 is 0 Å². The van der Waals surface area contributed by atoms with Crippen molar-refractivity contribution in [3.05, 3.63) is 47.2 Å². The maximum absolute atomic E-state index is 13.9. The first-order valence-corrected chi connectivity index (χ1v) is 7.75. The number of nitrogens with zero attached hydrogens (tertiary/aromatic N) is 3. The molecule has 7 heteroatoms. The summed E-state index contributed by atoms with van der Waals surface area (Å²) in [6, 6.07) is 5.75. The lowest BCUT2D eigenvalue weighted by atomic mass is 10.1. The first-order chi connectivity index (χ1) is 11.5. The van der Waals surface area contributed by atoms with Gasteiger partial charge in [-0.25, -0.2) is 14.4 Å². The van der Waals surface area contributed by atoms with Crippen molar-refractivity contribution in [3.63, 3.8) is 0 Å². The lowest BCUT2D eigenvalue weighted by molar-refractivity contribution is 0.0732. The summed E-state index contributed by atoms with van der Waals surface area (Å²) >= 11 is 0. The number of aryl methyl sites for hydroxylation is 1. The monoisotopic (exact) mass is 330 g/mol. The highest BCUT2D eigenvalue weighted by molar-refractivity contribution is 5.94. The average molecular weight is 330 g/mol. The van der Waals surface area contributed by atoms with E-state index in [1.807, 2.05) is 0 Å². The van der Waals surface area contributed by atoms with Gasteiger partial charge in [-0.1, -0.05) is 0 Å². The molecule has 6 nitrogen and oxygen atoms in total. The van der Waals surface area contributed by atoms with Gasteiger partial charge in [-0.15, -0.1) is 0 Å². The Kier molecular flexibility index (Phi) is 4.33. The smallest absolute Gasteiger partial charge is 0.254 e. The zero-order valence-corrected chi connectivity index (χ0v) is 13.6. The zero-order chi connectivity index (χ0) is 17.3. The highest BCUT2D eigenvalue weighted by Gasteiger charge is 2.32. The highest BCUT2D eigenvalue weighted by atomic mass is 19.1. The summed E-state index contributed by atoms with van der Waals surface area (Å²) in [5.74, 6) is 0.283. The molecule has 24 heavy (non-hydrogen) atoms. The molecule has 1 aliphatic rings. The molecule has 1 amide bonds. The number of benzene rings is 1. The van der Waals surface area contributed by atoms with Crippen LogP contribution in [0.5, 0.6) is 5.75 Å². The molecule has 0 spiro atoms. The molecule has 0 bridgehead atoms. The van der Waals surface area contributed by atoms with E-state index in [0.717, 1.165) is 18.5 Å². The number of rotatable bonds is 3. The van der Waals surface area contributed by atoms with Crippen molar-refractivity contribution < 1.29 is 13.9 Å². The van der Waals surface area contributed by atoms with Crippen molar-refractivity contribution in [1.29, 1.82) is 0 Å². The maximum Gasteiger partial charge on any atom is 0.254 e. The summed E-state index contributed by atoms with van der Waals surface area (Å²) in [6.45, 7) is 2.36. The predicted molar refractivity (Wildman–Crippen MR) is 87.1 cm³/mol. The largest absolute Gasteiger partial charge is 0.494 e. The van der Waals surface area contributed by atoms with E-state index < -0.39 is 5.82 Å². The molecule has 0 radical (unpaired) electrons. The third-order valence-corrected chi connectivity index (χ3v) is 4.13. The number of ether oxygens (including phenoxy) is 1. The van der Waals surface area contributed by atoms with Gasteiger partial charge in [0, 0.05) is 18.2 Å². The quantitative estimate of drug-likeness (QED) is 0.935. The Labute approximate surface area is 139 Å². The molecule has 126 valence electrons. The van der Waals surface area contributed by atoms with Crippen LogP contribution in [0, 0.1) is 12.7 Å². The van der Waals surface area contributed by atoms with Crippen molar-refractivity contribution in [2.75, 3.05) is 19.4 Å². The lowest BCUT2D eigenvalue weighted by Crippen LogP contribution is -2.31. The molecule has 1 fully saturated rings. The lowest BCUT2D eigenvalue weighted by Gasteiger charge is -2.25. The van der Waals surface area contributed by atoms with Gasteiger partial charge in [0.25, 0.3) is 5.91 Å². The number of amides is 1. The van der Waals surface area contributed by atoms with Crippen molar-refractivity contribution in [1.82, 2.24) is 14.9 Å². The predicted octanol–water partition coefficient (Wildman–Crippen LogP) is 2.49. The summed E-state index contributed by atoms with van der Waals surface area (Å²) in [5.41, 5.74) is 6.81. The third kappa shape index (κ3) is 3.02. The van der Waals surface area contributed by atoms with Gasteiger partial charge >= 0.3 is 0 Å². The topological polar surface area (TPSA) is 81.3 Å². The van der Waals surface area contributed by atoms with E-state index in [-0.39, 0.29) is 17.7 Å². The molecule has 1 saturated heterocycles. The van der Waals surface area contributed by atoms with Gasteiger partial charge in [0.2, 0.25) is 0 Å². The van der Waals surface area contributed by atoms with E-state index >= 15 is 0 Å². The van der Waals surface area contributed by atoms with E-state index in [4.69, 9.17) is 10.5 Å². The number of likely N-dealkylation sites (tertiary alicyclic amines) is 1. The summed E-state index contributed by atoms with van der Waals surface area (Å²) in [7, 11) is 1.39. The molecule has 2 heterocycles. The summed E-state index contributed by atoms with van der Waals surface area (Å²) < 4.78 is 18.8. The van der Waals surface area contributed by atoms with Gasteiger partial charge in [0.15, 0.2) is 11.6 Å². The molecule has 1 aliphatic heterocycles. The first-order valence-electron chi connectivity index (χ1n) is 7.75. The van der Waals surface area contributed by atoms with Crippen LogP contribution in [0.4, 0.5) is 10.2 Å². The van der Waals surface area contributed by atoms with Crippen LogP contribution in [0.2, 0.25) is 0 Å². The fourth-order valence-corrected chi connectivity index (χ4v) is 3.07. The molecule has 1 aromatic heterocycles. The normalized spacial score (nSPS) is 17.1. The number of nitrogen functional groups attached to an aromatic ring is 1. The van der Waals surface area contributed by atoms with E-state index in [9.17, 15) is 9.18 Å². The third-order valence-electron chi connectivity index (χ3n) is 4.13. The van der Waals surface area contributed by atoms with Crippen LogP contribution < -0.4 is 10.5 Å². The molecule has 2 aromatic rings. The maximum atomic E-state index is 13.9. The van der Waals surface area contributed by atoms with Crippen LogP contribution in [0.15, 0.2) is 24.3 Å². The average Bonchev–Trinajstić information content (AvgIpc) is 3.02. The standard InChI is InChI=1S/C17H19FN4O2/c1-10-20-13(9-16(19)21-10)14-4-3-7-22(14)17(23)11-5-6-15(24-2)12(18)8-11/h5-6,8-9,14H,3-4,7H2,1-2H3,(H2,19,20,21)/t14-/m1/s1. The number of methoxy groups -OCH3 is 1. The minimum absolute atomic E-state index is 0.115. The number of anilines is 1. The molecule has 0 aliphatic carbocycles. The van der Waals surface area contributed by atoms with Crippen LogP contribution in [-0.4, -0.2) is 34.4 Å². The van der Waals surface area contributed by atoms with E-state index in [0.29, 0.717) is 23.8 Å². The second kappa shape index (κ2) is 6.43. The van der Waals surface area contributed by atoms with Gasteiger partial charge in [-0.05, 0) is 38.0 Å². The Balaban J connectivity index is 1.89. The second-order valence-electron chi connectivity index (χ2n) is 5.77. The van der Waals surface area contributed by atoms with Crippen molar-refractivity contribution in [2.45, 2.75) is 25.8 Å². The van der Waals surface area contributed by atoms with Crippen LogP contribution in [0.25, 0.3) is 0 Å². The number of carbonyl (C=O) groups is 1. The zero-order valence-electron chi connectivity index (χ0n) is 13.6. The first kappa shape index (κ1) is 16.2. The van der Waals surface area contributed by atoms with Gasteiger partial charge in [-0.3, -0.25) is 4.79 Å². The number of hydrogen-bond acceptors (Lipinski definition) is 5. The number of hydrogen-bond donors (Lipinski definition) is 1. The minimum atomic E-state index is -0.554. The van der Waals surface area contributed by atoms with Crippen LogP contribution in [0.1, 0.15) is 40.8 Å². The molecule has 3 rings (SSSR count). The summed E-state index contributed by atoms with van der Waals surface area (Å²) in [6.07, 6.45) is 1.65. The molecule has 0 saturated carbocycles. The van der Waals surface area contributed by atoms with Crippen LogP contribution in [0.3, 0.4) is 0 Å². The number of aromatic nitrogens is 2. The highest BCUT2D eigenvalue weighted by Crippen LogP contribution is 2.33. The fourth-order valence-electron chi connectivity index (χ4n) is 3.07. The van der Waals surface area contributed by atoms with Crippen LogP contribution in [-0.2, 0) is 0 Å². The van der Waals surface area contributed by atoms with Crippen molar-refractivity contribution in [2.24, 2.45) is 0 Å². The van der Waals surface area contributed by atoms with Gasteiger partial charge in [0.05, 0.1) is 18.8 Å². The second-order valence-corrected chi connectivity index (χ2v) is 5.77. The molecule has 0 unspecified atom stereocenters. The molecule has 1 atom stereocenters. The van der Waals surface area contributed by atoms with Gasteiger partial charge in [-0.2, -0.15) is 0 Å². The molecule has 2 N–H and O–H groups in total. The number of carbonyl (C=O) groups excluding carboxylic acids is 1. The Morgan fingerprint density at radius 3 is 2.83 bits per heavy atom. The van der Waals surface area contributed by atoms with Crippen molar-refractivity contribution in [3.8, 4) is 5.75 Å². The minimum Gasteiger partial charge on any atom is -0.494 e. The Hall–Kier alpha value is -2.70. The van der Waals surface area contributed by atoms with E-state index in [1.165, 1.54) is 19.2 Å². The van der Waals surface area contributed by atoms with Gasteiger partial charge in [0.1, 0.15) is 11.6 Å². The molecule has 1 aromatic carbocycles. The Morgan fingerprint density at radius 2 is 2.17 bits per heavy atom. The Bertz CT molecular complexity index is 761. The summed E-state index contributed by atoms with van der Waals surface area (Å²) in [4.78, 5) is 23.0. The fraction of sp³-hybridized carbons (Fsp3) is 0.353.